The standard InChI is InChI=1S/C19H25N3O.HI/c1-14-4-8-17(9-5-14)22-19(20)21-13-15(2)12-16-6-10-18(23-3)11-7-16;/h4-11,15H,12-13H2,1-3H3,(H3,20,21,22);1H. The lowest BCUT2D eigenvalue weighted by Crippen LogP contribution is -2.23. The van der Waals surface area contributed by atoms with Crippen molar-refractivity contribution in [2.45, 2.75) is 20.3 Å². The summed E-state index contributed by atoms with van der Waals surface area (Å²) in [4.78, 5) is 4.43. The molecule has 5 heteroatoms. The van der Waals surface area contributed by atoms with Crippen LogP contribution in [0.1, 0.15) is 18.1 Å². The number of rotatable bonds is 6. The molecule has 3 N–H and O–H groups in total. The molecule has 0 spiro atoms. The second-order valence-corrected chi connectivity index (χ2v) is 5.87. The van der Waals surface area contributed by atoms with E-state index in [1.807, 2.05) is 36.4 Å². The third-order valence-corrected chi connectivity index (χ3v) is 3.64. The molecular weight excluding hydrogens is 413 g/mol. The monoisotopic (exact) mass is 439 g/mol. The van der Waals surface area contributed by atoms with Gasteiger partial charge in [0.2, 0.25) is 0 Å². The highest BCUT2D eigenvalue weighted by Gasteiger charge is 2.04. The number of nitrogens with one attached hydrogen (secondary N) is 1. The maximum Gasteiger partial charge on any atom is 0.193 e. The summed E-state index contributed by atoms with van der Waals surface area (Å²) in [6.07, 6.45) is 0.964. The largest absolute Gasteiger partial charge is 0.497 e. The molecule has 4 nitrogen and oxygen atoms in total. The first kappa shape index (κ1) is 20.3. The van der Waals surface area contributed by atoms with Crippen LogP contribution in [0.2, 0.25) is 0 Å². The van der Waals surface area contributed by atoms with Crippen LogP contribution in [-0.4, -0.2) is 19.6 Å². The van der Waals surface area contributed by atoms with Gasteiger partial charge in [0.05, 0.1) is 7.11 Å². The average molecular weight is 439 g/mol. The molecule has 0 bridgehead atoms. The highest BCUT2D eigenvalue weighted by Crippen LogP contribution is 2.15. The van der Waals surface area contributed by atoms with Gasteiger partial charge in [-0.05, 0) is 49.1 Å². The van der Waals surface area contributed by atoms with Crippen molar-refractivity contribution in [1.82, 2.24) is 0 Å². The van der Waals surface area contributed by atoms with Crippen LogP contribution in [0, 0.1) is 12.8 Å². The number of methoxy groups -OCH3 is 1. The first-order valence-electron chi connectivity index (χ1n) is 7.83. The van der Waals surface area contributed by atoms with Crippen molar-refractivity contribution in [3.8, 4) is 5.75 Å². The highest BCUT2D eigenvalue weighted by molar-refractivity contribution is 14.0. The zero-order valence-corrected chi connectivity index (χ0v) is 16.8. The molecule has 0 fully saturated rings. The molecule has 1 unspecified atom stereocenters. The first-order valence-corrected chi connectivity index (χ1v) is 7.83. The van der Waals surface area contributed by atoms with Gasteiger partial charge in [0.1, 0.15) is 5.75 Å². The average Bonchev–Trinajstić information content (AvgIpc) is 2.56. The lowest BCUT2D eigenvalue weighted by atomic mass is 10.0. The Bertz CT molecular complexity index is 639. The van der Waals surface area contributed by atoms with Crippen molar-refractivity contribution in [2.24, 2.45) is 16.6 Å². The summed E-state index contributed by atoms with van der Waals surface area (Å²) in [6.45, 7) is 4.92. The fourth-order valence-corrected chi connectivity index (χ4v) is 2.31. The van der Waals surface area contributed by atoms with Crippen molar-refractivity contribution in [3.63, 3.8) is 0 Å². The predicted molar refractivity (Wildman–Crippen MR) is 113 cm³/mol. The van der Waals surface area contributed by atoms with Gasteiger partial charge in [0.15, 0.2) is 5.96 Å². The molecule has 2 aromatic carbocycles. The Hall–Kier alpha value is -1.76. The number of guanidine groups is 1. The molecule has 2 aromatic rings. The van der Waals surface area contributed by atoms with Crippen molar-refractivity contribution < 1.29 is 4.74 Å². The molecule has 130 valence electrons. The molecule has 0 heterocycles. The fourth-order valence-electron chi connectivity index (χ4n) is 2.31. The summed E-state index contributed by atoms with van der Waals surface area (Å²) in [5.41, 5.74) is 9.40. The van der Waals surface area contributed by atoms with E-state index in [0.717, 1.165) is 17.9 Å². The Labute approximate surface area is 161 Å². The molecule has 0 aromatic heterocycles. The van der Waals surface area contributed by atoms with Gasteiger partial charge >= 0.3 is 0 Å². The zero-order valence-electron chi connectivity index (χ0n) is 14.5. The van der Waals surface area contributed by atoms with Gasteiger partial charge in [0, 0.05) is 12.2 Å². The van der Waals surface area contributed by atoms with Crippen LogP contribution in [0.5, 0.6) is 5.75 Å². The van der Waals surface area contributed by atoms with Crippen LogP contribution < -0.4 is 15.8 Å². The Morgan fingerprint density at radius 1 is 1.12 bits per heavy atom. The smallest absolute Gasteiger partial charge is 0.193 e. The number of hydrogen-bond acceptors (Lipinski definition) is 2. The Balaban J connectivity index is 0.00000288. The van der Waals surface area contributed by atoms with Crippen LogP contribution in [0.4, 0.5) is 5.69 Å². The van der Waals surface area contributed by atoms with Gasteiger partial charge < -0.3 is 15.8 Å². The van der Waals surface area contributed by atoms with Crippen LogP contribution in [-0.2, 0) is 6.42 Å². The summed E-state index contributed by atoms with van der Waals surface area (Å²) < 4.78 is 5.17. The summed E-state index contributed by atoms with van der Waals surface area (Å²) in [7, 11) is 1.68. The van der Waals surface area contributed by atoms with E-state index in [0.29, 0.717) is 18.4 Å². The van der Waals surface area contributed by atoms with E-state index in [-0.39, 0.29) is 24.0 Å². The van der Waals surface area contributed by atoms with Crippen molar-refractivity contribution in [3.05, 3.63) is 59.7 Å². The Morgan fingerprint density at radius 3 is 2.33 bits per heavy atom. The van der Waals surface area contributed by atoms with Gasteiger partial charge in [0.25, 0.3) is 0 Å². The van der Waals surface area contributed by atoms with E-state index < -0.39 is 0 Å². The number of halogens is 1. The number of benzene rings is 2. The minimum absolute atomic E-state index is 0. The van der Waals surface area contributed by atoms with Crippen LogP contribution in [0.3, 0.4) is 0 Å². The number of aryl methyl sites for hydroxylation is 1. The maximum atomic E-state index is 5.95. The molecule has 1 atom stereocenters. The molecule has 0 aliphatic rings. The second-order valence-electron chi connectivity index (χ2n) is 5.87. The van der Waals surface area contributed by atoms with E-state index in [4.69, 9.17) is 10.5 Å². The first-order chi connectivity index (χ1) is 11.1. The lowest BCUT2D eigenvalue weighted by molar-refractivity contribution is 0.414. The van der Waals surface area contributed by atoms with E-state index in [1.54, 1.807) is 7.11 Å². The molecular formula is C19H26IN3O. The third-order valence-electron chi connectivity index (χ3n) is 3.64. The highest BCUT2D eigenvalue weighted by atomic mass is 127. The number of ether oxygens (including phenoxy) is 1. The molecule has 0 aliphatic heterocycles. The molecule has 0 saturated carbocycles. The minimum Gasteiger partial charge on any atom is -0.497 e. The number of nitrogens with zero attached hydrogens (tertiary/aromatic N) is 1. The molecule has 24 heavy (non-hydrogen) atoms. The van der Waals surface area contributed by atoms with Gasteiger partial charge in [-0.25, -0.2) is 0 Å². The van der Waals surface area contributed by atoms with Gasteiger partial charge in [-0.1, -0.05) is 36.8 Å². The quantitative estimate of drug-likeness (QED) is 0.403. The number of nitrogens with two attached hydrogens (primary N) is 1. The zero-order chi connectivity index (χ0) is 16.7. The summed E-state index contributed by atoms with van der Waals surface area (Å²) in [5, 5.41) is 3.11. The molecule has 2 rings (SSSR count). The van der Waals surface area contributed by atoms with E-state index in [9.17, 15) is 0 Å². The van der Waals surface area contributed by atoms with Gasteiger partial charge in [-0.3, -0.25) is 4.99 Å². The van der Waals surface area contributed by atoms with Gasteiger partial charge in [-0.15, -0.1) is 24.0 Å². The molecule has 0 saturated heterocycles. The van der Waals surface area contributed by atoms with Crippen molar-refractivity contribution in [2.75, 3.05) is 19.0 Å². The van der Waals surface area contributed by atoms with Crippen LogP contribution in [0.25, 0.3) is 0 Å². The maximum absolute atomic E-state index is 5.95. The summed E-state index contributed by atoms with van der Waals surface area (Å²) >= 11 is 0. The normalized spacial score (nSPS) is 12.2. The lowest BCUT2D eigenvalue weighted by Gasteiger charge is -2.11. The van der Waals surface area contributed by atoms with E-state index in [2.05, 4.69) is 36.3 Å². The Kier molecular flexibility index (Phi) is 8.60. The second kappa shape index (κ2) is 10.2. The predicted octanol–water partition coefficient (Wildman–Crippen LogP) is 4.23. The third kappa shape index (κ3) is 6.78. The van der Waals surface area contributed by atoms with E-state index >= 15 is 0 Å². The van der Waals surface area contributed by atoms with E-state index in [1.165, 1.54) is 11.1 Å². The fraction of sp³-hybridized carbons (Fsp3) is 0.316. The Morgan fingerprint density at radius 2 is 1.75 bits per heavy atom. The van der Waals surface area contributed by atoms with Crippen molar-refractivity contribution in [1.29, 1.82) is 0 Å². The molecule has 0 amide bonds. The summed E-state index contributed by atoms with van der Waals surface area (Å²) in [5.74, 6) is 1.75. The van der Waals surface area contributed by atoms with Gasteiger partial charge in [-0.2, -0.15) is 0 Å². The van der Waals surface area contributed by atoms with Crippen LogP contribution >= 0.6 is 24.0 Å². The summed E-state index contributed by atoms with van der Waals surface area (Å²) in [6, 6.07) is 16.2. The topological polar surface area (TPSA) is 59.6 Å². The van der Waals surface area contributed by atoms with Crippen LogP contribution in [0.15, 0.2) is 53.5 Å². The molecule has 0 radical (unpaired) electrons. The number of aliphatic imine (C=N–C) groups is 1. The number of hydrogen-bond donors (Lipinski definition) is 2. The minimum atomic E-state index is 0. The number of anilines is 1. The van der Waals surface area contributed by atoms with Crippen molar-refractivity contribution >= 4 is 35.6 Å². The SMILES string of the molecule is COc1ccc(CC(C)CN=C(N)Nc2ccc(C)cc2)cc1.I. The molecule has 0 aliphatic carbocycles.